The van der Waals surface area contributed by atoms with Crippen molar-refractivity contribution >= 4 is 29.1 Å². The molecule has 3 nitrogen and oxygen atoms in total. The third kappa shape index (κ3) is 3.42. The van der Waals surface area contributed by atoms with E-state index >= 15 is 0 Å². The Hall–Kier alpha value is -1.20. The molecule has 0 aliphatic heterocycles. The third-order valence-corrected chi connectivity index (χ3v) is 4.79. The lowest BCUT2D eigenvalue weighted by Crippen LogP contribution is -2.15. The first-order valence-electron chi connectivity index (χ1n) is 6.06. The van der Waals surface area contributed by atoms with E-state index in [0.717, 1.165) is 26.9 Å². The second-order valence-electron chi connectivity index (χ2n) is 4.55. The molecule has 0 aliphatic rings. The van der Waals surface area contributed by atoms with Gasteiger partial charge in [-0.1, -0.05) is 29.5 Å². The Morgan fingerprint density at radius 3 is 2.68 bits per heavy atom. The number of Topliss-reactive ketones (excluding diaryl/α,β-unsaturated/α-hetero) is 1. The molecule has 1 aromatic heterocycles. The van der Waals surface area contributed by atoms with Crippen molar-refractivity contribution in [3.8, 4) is 0 Å². The molecule has 5 heteroatoms. The number of thioether (sulfide) groups is 1. The molecule has 2 rings (SSSR count). The maximum Gasteiger partial charge on any atom is 0.176 e. The van der Waals surface area contributed by atoms with Crippen molar-refractivity contribution < 1.29 is 4.79 Å². The van der Waals surface area contributed by atoms with E-state index in [-0.39, 0.29) is 11.0 Å². The molecule has 100 valence electrons. The maximum absolute atomic E-state index is 12.5. The van der Waals surface area contributed by atoms with Crippen molar-refractivity contribution in [3.05, 3.63) is 40.7 Å². The zero-order valence-corrected chi connectivity index (χ0v) is 13.1. The summed E-state index contributed by atoms with van der Waals surface area (Å²) in [6.07, 6.45) is 0. The highest BCUT2D eigenvalue weighted by Gasteiger charge is 2.19. The second kappa shape index (κ2) is 5.84. The topological polar surface area (TPSA) is 42.9 Å². The Kier molecular flexibility index (Phi) is 4.37. The van der Waals surface area contributed by atoms with E-state index in [1.807, 2.05) is 45.9 Å². The average molecular weight is 292 g/mol. The van der Waals surface area contributed by atoms with Crippen LogP contribution in [0.1, 0.15) is 34.2 Å². The van der Waals surface area contributed by atoms with E-state index in [9.17, 15) is 4.79 Å². The molecule has 1 unspecified atom stereocenters. The summed E-state index contributed by atoms with van der Waals surface area (Å²) in [4.78, 5) is 16.7. The Bertz CT molecular complexity index is 607. The van der Waals surface area contributed by atoms with Gasteiger partial charge in [-0.05, 0) is 50.9 Å². The monoisotopic (exact) mass is 292 g/mol. The van der Waals surface area contributed by atoms with Crippen LogP contribution in [-0.4, -0.2) is 20.4 Å². The van der Waals surface area contributed by atoms with E-state index in [1.165, 1.54) is 23.3 Å². The molecule has 0 bridgehead atoms. The summed E-state index contributed by atoms with van der Waals surface area (Å²) in [7, 11) is 0. The van der Waals surface area contributed by atoms with Gasteiger partial charge in [0, 0.05) is 5.56 Å². The van der Waals surface area contributed by atoms with Gasteiger partial charge in [0.1, 0.15) is 5.82 Å². The molecule has 1 heterocycles. The summed E-state index contributed by atoms with van der Waals surface area (Å²) < 4.78 is 4.98. The molecule has 2 aromatic rings. The summed E-state index contributed by atoms with van der Waals surface area (Å²) >= 11 is 2.82. The van der Waals surface area contributed by atoms with Crippen LogP contribution in [0.4, 0.5) is 0 Å². The fourth-order valence-corrected chi connectivity index (χ4v) is 3.61. The van der Waals surface area contributed by atoms with Crippen molar-refractivity contribution in [2.75, 3.05) is 0 Å². The fraction of sp³-hybridized carbons (Fsp3) is 0.357. The standard InChI is InChI=1S/C14H16N2OS2/c1-8-5-6-9(2)12(7-8)13(17)10(3)18-14-15-11(4)16-19-14/h5-7,10H,1-4H3. The van der Waals surface area contributed by atoms with Gasteiger partial charge in [-0.25, -0.2) is 4.98 Å². The minimum Gasteiger partial charge on any atom is -0.293 e. The first-order chi connectivity index (χ1) is 8.97. The van der Waals surface area contributed by atoms with Crippen molar-refractivity contribution in [2.45, 2.75) is 37.3 Å². The van der Waals surface area contributed by atoms with E-state index in [1.54, 1.807) is 0 Å². The van der Waals surface area contributed by atoms with Crippen molar-refractivity contribution in [1.29, 1.82) is 0 Å². The minimum absolute atomic E-state index is 0.146. The second-order valence-corrected chi connectivity index (χ2v) is 6.89. The molecule has 0 saturated carbocycles. The van der Waals surface area contributed by atoms with Crippen LogP contribution < -0.4 is 0 Å². The number of carbonyl (C=O) groups excluding carboxylic acids is 1. The van der Waals surface area contributed by atoms with Crippen LogP contribution in [0.5, 0.6) is 0 Å². The highest BCUT2D eigenvalue weighted by Crippen LogP contribution is 2.27. The van der Waals surface area contributed by atoms with Gasteiger partial charge >= 0.3 is 0 Å². The summed E-state index contributed by atoms with van der Waals surface area (Å²) in [5.74, 6) is 0.915. The smallest absolute Gasteiger partial charge is 0.176 e. The lowest BCUT2D eigenvalue weighted by Gasteiger charge is -2.11. The molecule has 0 amide bonds. The largest absolute Gasteiger partial charge is 0.293 e. The van der Waals surface area contributed by atoms with Crippen LogP contribution in [0.25, 0.3) is 0 Å². The zero-order chi connectivity index (χ0) is 14.0. The number of rotatable bonds is 4. The van der Waals surface area contributed by atoms with Gasteiger partial charge in [0.2, 0.25) is 0 Å². The molecule has 0 aliphatic carbocycles. The first-order valence-corrected chi connectivity index (χ1v) is 7.71. The van der Waals surface area contributed by atoms with Gasteiger partial charge in [-0.2, -0.15) is 4.37 Å². The summed E-state index contributed by atoms with van der Waals surface area (Å²) in [6.45, 7) is 7.75. The summed E-state index contributed by atoms with van der Waals surface area (Å²) in [5.41, 5.74) is 2.94. The van der Waals surface area contributed by atoms with E-state index in [0.29, 0.717) is 0 Å². The van der Waals surface area contributed by atoms with Gasteiger partial charge in [-0.3, -0.25) is 4.79 Å². The number of nitrogens with zero attached hydrogens (tertiary/aromatic N) is 2. The third-order valence-electron chi connectivity index (χ3n) is 2.81. The Morgan fingerprint density at radius 2 is 2.05 bits per heavy atom. The highest BCUT2D eigenvalue weighted by molar-refractivity contribution is 8.02. The SMILES string of the molecule is Cc1ccc(C)c(C(=O)C(C)Sc2nc(C)ns2)c1. The maximum atomic E-state index is 12.5. The van der Waals surface area contributed by atoms with Gasteiger partial charge in [0.15, 0.2) is 10.1 Å². The van der Waals surface area contributed by atoms with E-state index in [2.05, 4.69) is 9.36 Å². The molecule has 19 heavy (non-hydrogen) atoms. The van der Waals surface area contributed by atoms with Crippen LogP contribution >= 0.6 is 23.3 Å². The molecule has 1 aromatic carbocycles. The van der Waals surface area contributed by atoms with Crippen LogP contribution in [0.2, 0.25) is 0 Å². The number of carbonyl (C=O) groups is 1. The highest BCUT2D eigenvalue weighted by atomic mass is 32.2. The Morgan fingerprint density at radius 1 is 1.32 bits per heavy atom. The van der Waals surface area contributed by atoms with Gasteiger partial charge in [0.05, 0.1) is 5.25 Å². The predicted octanol–water partition coefficient (Wildman–Crippen LogP) is 3.83. The van der Waals surface area contributed by atoms with Gasteiger partial charge < -0.3 is 0 Å². The molecule has 0 radical (unpaired) electrons. The first kappa shape index (κ1) is 14.2. The lowest BCUT2D eigenvalue weighted by atomic mass is 10.0. The molecule has 1 atom stereocenters. The molecular weight excluding hydrogens is 276 g/mol. The van der Waals surface area contributed by atoms with Crippen LogP contribution in [0.3, 0.4) is 0 Å². The number of hydrogen-bond acceptors (Lipinski definition) is 5. The molecule has 0 fully saturated rings. The summed E-state index contributed by atoms with van der Waals surface area (Å²) in [5, 5.41) is -0.146. The molecule has 0 N–H and O–H groups in total. The number of benzene rings is 1. The normalized spacial score (nSPS) is 12.4. The Balaban J connectivity index is 2.16. The minimum atomic E-state index is -0.146. The number of aromatic nitrogens is 2. The van der Waals surface area contributed by atoms with Crippen LogP contribution in [-0.2, 0) is 0 Å². The zero-order valence-electron chi connectivity index (χ0n) is 11.4. The van der Waals surface area contributed by atoms with Crippen molar-refractivity contribution in [1.82, 2.24) is 9.36 Å². The number of hydrogen-bond donors (Lipinski definition) is 0. The van der Waals surface area contributed by atoms with E-state index < -0.39 is 0 Å². The Labute approximate surface area is 121 Å². The van der Waals surface area contributed by atoms with Gasteiger partial charge in [-0.15, -0.1) is 0 Å². The van der Waals surface area contributed by atoms with Crippen molar-refractivity contribution in [2.24, 2.45) is 0 Å². The molecular formula is C14H16N2OS2. The predicted molar refractivity (Wildman–Crippen MR) is 80.2 cm³/mol. The van der Waals surface area contributed by atoms with Gasteiger partial charge in [0.25, 0.3) is 0 Å². The quantitative estimate of drug-likeness (QED) is 0.634. The molecule has 0 saturated heterocycles. The fourth-order valence-electron chi connectivity index (χ4n) is 1.75. The number of ketones is 1. The van der Waals surface area contributed by atoms with E-state index in [4.69, 9.17) is 0 Å². The van der Waals surface area contributed by atoms with Crippen LogP contribution in [0, 0.1) is 20.8 Å². The lowest BCUT2D eigenvalue weighted by molar-refractivity contribution is 0.0993. The average Bonchev–Trinajstić information content (AvgIpc) is 2.77. The van der Waals surface area contributed by atoms with Crippen LogP contribution in [0.15, 0.2) is 22.5 Å². The number of aryl methyl sites for hydroxylation is 3. The molecule has 0 spiro atoms. The van der Waals surface area contributed by atoms with Crippen molar-refractivity contribution in [3.63, 3.8) is 0 Å². The summed E-state index contributed by atoms with van der Waals surface area (Å²) in [6, 6.07) is 5.98.